The van der Waals surface area contributed by atoms with Crippen molar-refractivity contribution in [2.24, 2.45) is 0 Å². The first-order valence-corrected chi connectivity index (χ1v) is 4.48. The smallest absolute Gasteiger partial charge is 0.288 e. The van der Waals surface area contributed by atoms with E-state index in [2.05, 4.69) is 15.3 Å². The van der Waals surface area contributed by atoms with Crippen molar-refractivity contribution in [1.82, 2.24) is 15.3 Å². The molecule has 5 heteroatoms. The molecule has 2 N–H and O–H groups in total. The molecule has 0 spiro atoms. The van der Waals surface area contributed by atoms with Crippen molar-refractivity contribution >= 4 is 0 Å². The van der Waals surface area contributed by atoms with Crippen LogP contribution in [0.2, 0.25) is 0 Å². The molecule has 0 saturated carbocycles. The van der Waals surface area contributed by atoms with E-state index in [-0.39, 0.29) is 11.7 Å². The molecule has 3 nitrogen and oxygen atoms in total. The third-order valence-electron chi connectivity index (χ3n) is 2.16. The zero-order valence-electron chi connectivity index (χ0n) is 8.78. The van der Waals surface area contributed by atoms with Crippen molar-refractivity contribution in [3.05, 3.63) is 17.2 Å². The van der Waals surface area contributed by atoms with E-state index in [1.807, 2.05) is 6.92 Å². The molecule has 0 aliphatic carbocycles. The summed E-state index contributed by atoms with van der Waals surface area (Å²) in [6, 6.07) is -0.0511. The van der Waals surface area contributed by atoms with Crippen LogP contribution in [-0.2, 0) is 5.92 Å². The van der Waals surface area contributed by atoms with Gasteiger partial charge in [-0.2, -0.15) is 8.78 Å². The summed E-state index contributed by atoms with van der Waals surface area (Å²) in [5.41, 5.74) is 0.254. The number of aryl methyl sites for hydroxylation is 1. The average Bonchev–Trinajstić information content (AvgIpc) is 2.45. The number of alkyl halides is 2. The fourth-order valence-electron chi connectivity index (χ4n) is 1.25. The summed E-state index contributed by atoms with van der Waals surface area (Å²) in [6.07, 6.45) is 0. The third kappa shape index (κ3) is 2.09. The number of aromatic amines is 1. The second kappa shape index (κ2) is 3.65. The number of H-pyrrole nitrogens is 1. The van der Waals surface area contributed by atoms with Gasteiger partial charge in [0.05, 0.1) is 6.04 Å². The summed E-state index contributed by atoms with van der Waals surface area (Å²) in [5.74, 6) is -2.34. The molecule has 0 aliphatic rings. The summed E-state index contributed by atoms with van der Waals surface area (Å²) >= 11 is 0. The Hall–Kier alpha value is -0.970. The molecule has 14 heavy (non-hydrogen) atoms. The van der Waals surface area contributed by atoms with Gasteiger partial charge in [0.1, 0.15) is 11.5 Å². The summed E-state index contributed by atoms with van der Waals surface area (Å²) in [4.78, 5) is 6.73. The molecule has 0 aromatic carbocycles. The Labute approximate surface area is 81.9 Å². The number of rotatable bonds is 3. The van der Waals surface area contributed by atoms with Crippen LogP contribution in [0.15, 0.2) is 0 Å². The van der Waals surface area contributed by atoms with Crippen LogP contribution in [0.5, 0.6) is 0 Å². The first kappa shape index (κ1) is 11.1. The maximum Gasteiger partial charge on any atom is 0.288 e. The van der Waals surface area contributed by atoms with Gasteiger partial charge in [0.25, 0.3) is 5.92 Å². The second-order valence-electron chi connectivity index (χ2n) is 3.49. The van der Waals surface area contributed by atoms with Gasteiger partial charge in [-0.3, -0.25) is 0 Å². The predicted octanol–water partition coefficient (Wildman–Crippen LogP) is 2.11. The van der Waals surface area contributed by atoms with Gasteiger partial charge in [-0.05, 0) is 20.9 Å². The number of hydrogen-bond donors (Lipinski definition) is 2. The molecule has 1 rings (SSSR count). The van der Waals surface area contributed by atoms with Crippen molar-refractivity contribution in [3.8, 4) is 0 Å². The van der Waals surface area contributed by atoms with Crippen LogP contribution in [0.3, 0.4) is 0 Å². The number of hydrogen-bond acceptors (Lipinski definition) is 2. The molecule has 80 valence electrons. The van der Waals surface area contributed by atoms with Crippen molar-refractivity contribution in [2.45, 2.75) is 32.7 Å². The van der Waals surface area contributed by atoms with Gasteiger partial charge in [-0.1, -0.05) is 0 Å². The minimum absolute atomic E-state index is 0.0511. The lowest BCUT2D eigenvalue weighted by Gasteiger charge is -2.07. The van der Waals surface area contributed by atoms with Gasteiger partial charge in [0, 0.05) is 12.6 Å². The molecular weight excluding hydrogens is 188 g/mol. The zero-order valence-corrected chi connectivity index (χ0v) is 8.78. The Morgan fingerprint density at radius 3 is 2.43 bits per heavy atom. The maximum absolute atomic E-state index is 13.0. The SMILES string of the molecule is CNC(C)c1nc(C(C)(F)F)c(C)[nH]1. The van der Waals surface area contributed by atoms with Crippen LogP contribution < -0.4 is 5.32 Å². The highest BCUT2D eigenvalue weighted by Gasteiger charge is 2.30. The fraction of sp³-hybridized carbons (Fsp3) is 0.667. The van der Waals surface area contributed by atoms with E-state index in [1.54, 1.807) is 14.0 Å². The lowest BCUT2D eigenvalue weighted by atomic mass is 10.2. The molecule has 0 radical (unpaired) electrons. The highest BCUT2D eigenvalue weighted by Crippen LogP contribution is 2.28. The van der Waals surface area contributed by atoms with Gasteiger partial charge in [0.2, 0.25) is 0 Å². The highest BCUT2D eigenvalue weighted by atomic mass is 19.3. The minimum atomic E-state index is -2.88. The average molecular weight is 203 g/mol. The summed E-state index contributed by atoms with van der Waals surface area (Å²) in [7, 11) is 1.76. The molecule has 0 saturated heterocycles. The number of halogens is 2. The molecule has 1 unspecified atom stereocenters. The Balaban J connectivity index is 3.05. The molecule has 0 fully saturated rings. The zero-order chi connectivity index (χ0) is 10.9. The summed E-state index contributed by atoms with van der Waals surface area (Å²) in [6.45, 7) is 4.31. The first-order chi connectivity index (χ1) is 6.36. The van der Waals surface area contributed by atoms with E-state index in [0.717, 1.165) is 6.92 Å². The molecule has 1 aromatic rings. The van der Waals surface area contributed by atoms with E-state index in [9.17, 15) is 8.78 Å². The van der Waals surface area contributed by atoms with Crippen molar-refractivity contribution in [1.29, 1.82) is 0 Å². The number of aromatic nitrogens is 2. The Kier molecular flexibility index (Phi) is 2.89. The van der Waals surface area contributed by atoms with Gasteiger partial charge >= 0.3 is 0 Å². The first-order valence-electron chi connectivity index (χ1n) is 4.48. The lowest BCUT2D eigenvalue weighted by Crippen LogP contribution is -2.14. The molecule has 0 amide bonds. The van der Waals surface area contributed by atoms with Crippen molar-refractivity contribution in [2.75, 3.05) is 7.05 Å². The summed E-state index contributed by atoms with van der Waals surface area (Å²) in [5, 5.41) is 2.93. The minimum Gasteiger partial charge on any atom is -0.344 e. The fourth-order valence-corrected chi connectivity index (χ4v) is 1.25. The van der Waals surface area contributed by atoms with E-state index in [1.165, 1.54) is 0 Å². The normalized spacial score (nSPS) is 14.4. The number of nitrogens with zero attached hydrogens (tertiary/aromatic N) is 1. The van der Waals surface area contributed by atoms with Crippen LogP contribution in [-0.4, -0.2) is 17.0 Å². The monoisotopic (exact) mass is 203 g/mol. The molecule has 1 heterocycles. The van der Waals surface area contributed by atoms with Crippen molar-refractivity contribution in [3.63, 3.8) is 0 Å². The van der Waals surface area contributed by atoms with Crippen LogP contribution in [0.1, 0.15) is 37.1 Å². The van der Waals surface area contributed by atoms with Crippen molar-refractivity contribution < 1.29 is 8.78 Å². The van der Waals surface area contributed by atoms with E-state index >= 15 is 0 Å². The van der Waals surface area contributed by atoms with Crippen LogP contribution in [0, 0.1) is 6.92 Å². The van der Waals surface area contributed by atoms with E-state index in [4.69, 9.17) is 0 Å². The predicted molar refractivity (Wildman–Crippen MR) is 50.4 cm³/mol. The van der Waals surface area contributed by atoms with Gasteiger partial charge in [-0.15, -0.1) is 0 Å². The third-order valence-corrected chi connectivity index (χ3v) is 2.16. The van der Waals surface area contributed by atoms with Gasteiger partial charge < -0.3 is 10.3 Å². The molecule has 1 aromatic heterocycles. The van der Waals surface area contributed by atoms with Crippen LogP contribution in [0.25, 0.3) is 0 Å². The molecule has 0 bridgehead atoms. The molecular formula is C9H15F2N3. The Morgan fingerprint density at radius 1 is 1.50 bits per heavy atom. The van der Waals surface area contributed by atoms with E-state index < -0.39 is 5.92 Å². The quantitative estimate of drug-likeness (QED) is 0.789. The Bertz CT molecular complexity index is 314. The molecule has 0 aliphatic heterocycles. The number of imidazole rings is 1. The standard InChI is InChI=1S/C9H15F2N3/c1-5-7(9(3,10)11)14-8(13-5)6(2)12-4/h6,12H,1-4H3,(H,13,14). The lowest BCUT2D eigenvalue weighted by molar-refractivity contribution is 0.0124. The largest absolute Gasteiger partial charge is 0.344 e. The van der Waals surface area contributed by atoms with Crippen LogP contribution in [0.4, 0.5) is 8.78 Å². The number of nitrogens with one attached hydrogen (secondary N) is 2. The van der Waals surface area contributed by atoms with Gasteiger partial charge in [-0.25, -0.2) is 4.98 Å². The topological polar surface area (TPSA) is 40.7 Å². The maximum atomic E-state index is 13.0. The van der Waals surface area contributed by atoms with Crippen LogP contribution >= 0.6 is 0 Å². The van der Waals surface area contributed by atoms with E-state index in [0.29, 0.717) is 11.5 Å². The second-order valence-corrected chi connectivity index (χ2v) is 3.49. The highest BCUT2D eigenvalue weighted by molar-refractivity contribution is 5.18. The Morgan fingerprint density at radius 2 is 2.07 bits per heavy atom. The molecule has 1 atom stereocenters. The van der Waals surface area contributed by atoms with Gasteiger partial charge in [0.15, 0.2) is 0 Å². The summed E-state index contributed by atoms with van der Waals surface area (Å²) < 4.78 is 26.0.